The summed E-state index contributed by atoms with van der Waals surface area (Å²) in [4.78, 5) is 4.05. The number of thiophene rings is 1. The Balaban J connectivity index is 2.05. The highest BCUT2D eigenvalue weighted by atomic mass is 79.9. The topological polar surface area (TPSA) is 29.3 Å². The van der Waals surface area contributed by atoms with Crippen LogP contribution < -0.4 is 10.6 Å². The number of nitrogens with zero attached hydrogens (tertiary/aromatic N) is 1. The van der Waals surface area contributed by atoms with Gasteiger partial charge in [-0.25, -0.2) is 0 Å². The van der Waals surface area contributed by atoms with E-state index in [4.69, 9.17) is 18.0 Å². The van der Waals surface area contributed by atoms with Crippen LogP contribution in [0, 0.1) is 0 Å². The van der Waals surface area contributed by atoms with E-state index in [9.17, 15) is 0 Å². The number of rotatable bonds is 5. The number of thiocarbonyl (C=S) groups is 1. The lowest BCUT2D eigenvalue weighted by Gasteiger charge is -2.20. The van der Waals surface area contributed by atoms with Gasteiger partial charge in [-0.05, 0) is 52.0 Å². The van der Waals surface area contributed by atoms with E-state index < -0.39 is 0 Å². The van der Waals surface area contributed by atoms with Crippen LogP contribution >= 0.6 is 39.5 Å². The molecule has 2 rings (SSSR count). The predicted octanol–water partition coefficient (Wildman–Crippen LogP) is 3.82. The highest BCUT2D eigenvalue weighted by Crippen LogP contribution is 2.24. The van der Waals surface area contributed by atoms with Crippen LogP contribution in [0.2, 0.25) is 0 Å². The molecule has 2 nitrogen and oxygen atoms in total. The molecule has 0 bridgehead atoms. The fourth-order valence-corrected chi connectivity index (χ4v) is 3.39. The predicted molar refractivity (Wildman–Crippen MR) is 91.3 cm³/mol. The minimum atomic E-state index is 0.416. The third-order valence-corrected chi connectivity index (χ3v) is 4.74. The monoisotopic (exact) mass is 354 g/mol. The summed E-state index contributed by atoms with van der Waals surface area (Å²) in [7, 11) is 2.09. The van der Waals surface area contributed by atoms with Crippen molar-refractivity contribution >= 4 is 50.2 Å². The van der Waals surface area contributed by atoms with E-state index in [1.54, 1.807) is 11.3 Å². The first-order valence-electron chi connectivity index (χ1n) is 5.91. The summed E-state index contributed by atoms with van der Waals surface area (Å²) in [6.07, 6.45) is 1.06. The van der Waals surface area contributed by atoms with E-state index in [-0.39, 0.29) is 0 Å². The van der Waals surface area contributed by atoms with Gasteiger partial charge < -0.3 is 10.6 Å². The summed E-state index contributed by atoms with van der Waals surface area (Å²) >= 11 is 10.3. The molecule has 1 heterocycles. The van der Waals surface area contributed by atoms with E-state index in [1.165, 1.54) is 4.88 Å². The molecule has 19 heavy (non-hydrogen) atoms. The zero-order chi connectivity index (χ0) is 13.8. The Morgan fingerprint density at radius 3 is 2.79 bits per heavy atom. The van der Waals surface area contributed by atoms with Crippen molar-refractivity contribution in [1.82, 2.24) is 0 Å². The van der Waals surface area contributed by atoms with Crippen LogP contribution in [0.3, 0.4) is 0 Å². The molecule has 5 heteroatoms. The lowest BCUT2D eigenvalue weighted by molar-refractivity contribution is 0.887. The van der Waals surface area contributed by atoms with Crippen LogP contribution in [0.1, 0.15) is 10.4 Å². The van der Waals surface area contributed by atoms with Gasteiger partial charge in [0.2, 0.25) is 0 Å². The minimum Gasteiger partial charge on any atom is -0.389 e. The fraction of sp³-hybridized carbons (Fsp3) is 0.214. The Morgan fingerprint density at radius 1 is 1.42 bits per heavy atom. The van der Waals surface area contributed by atoms with Crippen molar-refractivity contribution < 1.29 is 0 Å². The number of hydrogen-bond acceptors (Lipinski definition) is 3. The maximum atomic E-state index is 5.65. The summed E-state index contributed by atoms with van der Waals surface area (Å²) < 4.78 is 0.945. The summed E-state index contributed by atoms with van der Waals surface area (Å²) in [5.74, 6) is 0. The van der Waals surface area contributed by atoms with E-state index >= 15 is 0 Å². The van der Waals surface area contributed by atoms with Gasteiger partial charge in [-0.2, -0.15) is 0 Å². The average molecular weight is 355 g/mol. The lowest BCUT2D eigenvalue weighted by atomic mass is 10.2. The van der Waals surface area contributed by atoms with Crippen molar-refractivity contribution in [3.8, 4) is 0 Å². The molecule has 0 fully saturated rings. The summed E-state index contributed by atoms with van der Waals surface area (Å²) in [5, 5.41) is 2.11. The van der Waals surface area contributed by atoms with Gasteiger partial charge in [-0.15, -0.1) is 11.3 Å². The highest BCUT2D eigenvalue weighted by Gasteiger charge is 2.07. The number of nitrogens with two attached hydrogens (primary N) is 1. The quantitative estimate of drug-likeness (QED) is 0.827. The zero-order valence-electron chi connectivity index (χ0n) is 10.6. The third kappa shape index (κ3) is 3.78. The molecule has 0 spiro atoms. The normalized spacial score (nSPS) is 10.4. The number of halogens is 1. The van der Waals surface area contributed by atoms with Crippen molar-refractivity contribution in [2.45, 2.75) is 6.42 Å². The van der Waals surface area contributed by atoms with Crippen LogP contribution in [0.4, 0.5) is 5.69 Å². The zero-order valence-corrected chi connectivity index (χ0v) is 13.8. The molecule has 100 valence electrons. The molecular weight excluding hydrogens is 340 g/mol. The standard InChI is InChI=1S/C14H15BrN2S2/c1-17(7-6-11-3-2-8-19-11)10-4-5-12(14(16)18)13(15)9-10/h2-5,8-9H,6-7H2,1H3,(H2,16,18). The van der Waals surface area contributed by atoms with Crippen LogP contribution in [0.5, 0.6) is 0 Å². The molecule has 0 saturated carbocycles. The first-order chi connectivity index (χ1) is 9.08. The van der Waals surface area contributed by atoms with Crippen molar-refractivity contribution in [1.29, 1.82) is 0 Å². The van der Waals surface area contributed by atoms with Gasteiger partial charge >= 0.3 is 0 Å². The molecule has 2 aromatic rings. The summed E-state index contributed by atoms with van der Waals surface area (Å²) in [5.41, 5.74) is 7.69. The molecule has 0 amide bonds. The van der Waals surface area contributed by atoms with Crippen LogP contribution in [-0.2, 0) is 6.42 Å². The average Bonchev–Trinajstić information content (AvgIpc) is 2.88. The molecule has 0 saturated heterocycles. The minimum absolute atomic E-state index is 0.416. The molecule has 0 aliphatic heterocycles. The van der Waals surface area contributed by atoms with Gasteiger partial charge in [0, 0.05) is 34.2 Å². The van der Waals surface area contributed by atoms with Gasteiger partial charge in [0.05, 0.1) is 0 Å². The molecule has 0 radical (unpaired) electrons. The molecule has 1 aromatic carbocycles. The Bertz CT molecular complexity index is 567. The van der Waals surface area contributed by atoms with Gasteiger partial charge in [-0.1, -0.05) is 18.3 Å². The smallest absolute Gasteiger partial charge is 0.105 e. The van der Waals surface area contributed by atoms with Crippen LogP contribution in [0.25, 0.3) is 0 Å². The molecule has 0 atom stereocenters. The fourth-order valence-electron chi connectivity index (χ4n) is 1.80. The number of benzene rings is 1. The second-order valence-corrected chi connectivity index (χ2v) is 6.61. The summed E-state index contributed by atoms with van der Waals surface area (Å²) in [6.45, 7) is 0.985. The first kappa shape index (κ1) is 14.5. The third-order valence-electron chi connectivity index (χ3n) is 2.93. The van der Waals surface area contributed by atoms with Crippen molar-refractivity contribution in [2.75, 3.05) is 18.5 Å². The Hall–Kier alpha value is -0.910. The molecular formula is C14H15BrN2S2. The van der Waals surface area contributed by atoms with E-state index in [0.717, 1.165) is 28.7 Å². The maximum absolute atomic E-state index is 5.65. The van der Waals surface area contributed by atoms with Gasteiger partial charge in [-0.3, -0.25) is 0 Å². The number of anilines is 1. The Labute approximate surface area is 131 Å². The lowest BCUT2D eigenvalue weighted by Crippen LogP contribution is -2.20. The SMILES string of the molecule is CN(CCc1cccs1)c1ccc(C(N)=S)c(Br)c1. The molecule has 0 unspecified atom stereocenters. The molecule has 2 N–H and O–H groups in total. The maximum Gasteiger partial charge on any atom is 0.105 e. The van der Waals surface area contributed by atoms with Crippen molar-refractivity contribution in [3.63, 3.8) is 0 Å². The number of hydrogen-bond donors (Lipinski definition) is 1. The van der Waals surface area contributed by atoms with E-state index in [1.807, 2.05) is 12.1 Å². The van der Waals surface area contributed by atoms with Gasteiger partial charge in [0.1, 0.15) is 4.99 Å². The molecule has 1 aromatic heterocycles. The van der Waals surface area contributed by atoms with Crippen molar-refractivity contribution in [3.05, 3.63) is 50.6 Å². The molecule has 0 aliphatic rings. The first-order valence-corrected chi connectivity index (χ1v) is 7.99. The van der Waals surface area contributed by atoms with Gasteiger partial charge in [0.25, 0.3) is 0 Å². The van der Waals surface area contributed by atoms with E-state index in [2.05, 4.69) is 51.5 Å². The van der Waals surface area contributed by atoms with Crippen LogP contribution in [0.15, 0.2) is 40.2 Å². The number of likely N-dealkylation sites (N-methyl/N-ethyl adjacent to an activating group) is 1. The van der Waals surface area contributed by atoms with Crippen molar-refractivity contribution in [2.24, 2.45) is 5.73 Å². The highest BCUT2D eigenvalue weighted by molar-refractivity contribution is 9.10. The van der Waals surface area contributed by atoms with E-state index in [0.29, 0.717) is 4.99 Å². The Morgan fingerprint density at radius 2 is 2.21 bits per heavy atom. The van der Waals surface area contributed by atoms with Gasteiger partial charge in [0.15, 0.2) is 0 Å². The largest absolute Gasteiger partial charge is 0.389 e. The summed E-state index contributed by atoms with van der Waals surface area (Å²) in [6, 6.07) is 10.3. The second-order valence-electron chi connectivity index (χ2n) is 4.28. The second kappa shape index (κ2) is 6.50. The Kier molecular flexibility index (Phi) is 4.96. The van der Waals surface area contributed by atoms with Crippen LogP contribution in [-0.4, -0.2) is 18.6 Å². The molecule has 0 aliphatic carbocycles.